The largest absolute Gasteiger partial charge is 0.469 e. The molecule has 0 spiro atoms. The van der Waals surface area contributed by atoms with Crippen LogP contribution in [0.2, 0.25) is 0 Å². The maximum atomic E-state index is 12.3. The van der Waals surface area contributed by atoms with Gasteiger partial charge in [0, 0.05) is 0 Å². The van der Waals surface area contributed by atoms with Crippen LogP contribution < -0.4 is 0 Å². The molecule has 0 radical (unpaired) electrons. The quantitative estimate of drug-likeness (QED) is 0.272. The van der Waals surface area contributed by atoms with Crippen LogP contribution in [0, 0.1) is 5.53 Å². The minimum Gasteiger partial charge on any atom is -0.469 e. The molecule has 2 rings (SSSR count). The highest BCUT2D eigenvalue weighted by Crippen LogP contribution is 2.25. The van der Waals surface area contributed by atoms with E-state index in [1.807, 2.05) is 0 Å². The second-order valence-electron chi connectivity index (χ2n) is 4.48. The third-order valence-corrected chi connectivity index (χ3v) is 3.25. The number of nitrogens with one attached hydrogen (secondary N) is 1. The van der Waals surface area contributed by atoms with Gasteiger partial charge in [-0.1, -0.05) is 12.1 Å². The number of hydrogen-bond acceptors (Lipinski definition) is 6. The Kier molecular flexibility index (Phi) is 4.24. The van der Waals surface area contributed by atoms with Crippen molar-refractivity contribution in [3.05, 3.63) is 35.4 Å². The summed E-state index contributed by atoms with van der Waals surface area (Å²) >= 11 is 0. The Hall–Kier alpha value is -3.12. The Labute approximate surface area is 124 Å². The Bertz CT molecular complexity index is 686. The van der Waals surface area contributed by atoms with Gasteiger partial charge in [-0.15, -0.1) is 0 Å². The summed E-state index contributed by atoms with van der Waals surface area (Å²) in [6.45, 7) is 0. The molecule has 1 unspecified atom stereocenters. The zero-order chi connectivity index (χ0) is 16.3. The van der Waals surface area contributed by atoms with Gasteiger partial charge in [-0.25, -0.2) is 0 Å². The highest BCUT2D eigenvalue weighted by molar-refractivity contribution is 6.32. The number of amides is 2. The van der Waals surface area contributed by atoms with Gasteiger partial charge in [-0.05, 0) is 12.1 Å². The van der Waals surface area contributed by atoms with E-state index < -0.39 is 36.0 Å². The number of esters is 1. The van der Waals surface area contributed by atoms with Gasteiger partial charge in [0.1, 0.15) is 6.04 Å². The smallest absolute Gasteiger partial charge is 0.374 e. The van der Waals surface area contributed by atoms with Crippen LogP contribution in [0.1, 0.15) is 27.1 Å². The molecule has 1 N–H and O–H groups in total. The summed E-state index contributed by atoms with van der Waals surface area (Å²) < 4.78 is 4.48. The highest BCUT2D eigenvalue weighted by atomic mass is 16.5. The summed E-state index contributed by atoms with van der Waals surface area (Å²) in [5, 5.41) is 0. The molecule has 0 saturated heterocycles. The molecule has 0 bridgehead atoms. The molecule has 1 atom stereocenters. The summed E-state index contributed by atoms with van der Waals surface area (Å²) in [4.78, 5) is 51.7. The summed E-state index contributed by atoms with van der Waals surface area (Å²) in [5.74, 6) is -2.88. The van der Waals surface area contributed by atoms with Crippen molar-refractivity contribution >= 4 is 29.8 Å². The molecular formula is C14H12N3O5+. The van der Waals surface area contributed by atoms with Gasteiger partial charge >= 0.3 is 12.2 Å². The predicted octanol–water partition coefficient (Wildman–Crippen LogP) is 0.0934. The number of fused-ring (bicyclic) bond motifs is 1. The maximum absolute atomic E-state index is 12.3. The fourth-order valence-corrected chi connectivity index (χ4v) is 2.20. The van der Waals surface area contributed by atoms with Gasteiger partial charge in [0.05, 0.1) is 35.0 Å². The van der Waals surface area contributed by atoms with E-state index in [1.54, 1.807) is 12.1 Å². The highest BCUT2D eigenvalue weighted by Gasteiger charge is 2.44. The number of methoxy groups -OCH3 is 1. The van der Waals surface area contributed by atoms with Crippen molar-refractivity contribution in [2.75, 3.05) is 7.11 Å². The summed E-state index contributed by atoms with van der Waals surface area (Å²) in [7, 11) is 1.13. The first-order chi connectivity index (χ1) is 10.5. The zero-order valence-electron chi connectivity index (χ0n) is 11.6. The average Bonchev–Trinajstić information content (AvgIpc) is 2.77. The molecule has 8 nitrogen and oxygen atoms in total. The first-order valence-electron chi connectivity index (χ1n) is 6.28. The number of carbonyl (C=O) groups is 4. The normalized spacial score (nSPS) is 14.1. The number of nitrogens with zero attached hydrogens (tertiary/aromatic N) is 2. The molecule has 8 heteroatoms. The van der Waals surface area contributed by atoms with Crippen molar-refractivity contribution < 1.29 is 28.7 Å². The van der Waals surface area contributed by atoms with Crippen LogP contribution in [0.25, 0.3) is 0 Å². The predicted molar refractivity (Wildman–Crippen MR) is 71.4 cm³/mol. The molecule has 1 aliphatic rings. The summed E-state index contributed by atoms with van der Waals surface area (Å²) in [6.07, 6.45) is 0.157. The fourth-order valence-electron chi connectivity index (χ4n) is 2.20. The van der Waals surface area contributed by atoms with Crippen LogP contribution in [0.3, 0.4) is 0 Å². The zero-order valence-corrected chi connectivity index (χ0v) is 11.6. The Morgan fingerprint density at radius 3 is 2.27 bits per heavy atom. The van der Waals surface area contributed by atoms with E-state index in [0.29, 0.717) is 11.1 Å². The van der Waals surface area contributed by atoms with E-state index in [0.717, 1.165) is 7.11 Å². The minimum atomic E-state index is -1.38. The van der Waals surface area contributed by atoms with Crippen LogP contribution in [-0.4, -0.2) is 52.6 Å². The van der Waals surface area contributed by atoms with Gasteiger partial charge in [0.25, 0.3) is 17.6 Å². The maximum Gasteiger partial charge on any atom is 0.374 e. The Morgan fingerprint density at radius 1 is 1.27 bits per heavy atom. The van der Waals surface area contributed by atoms with Crippen LogP contribution in [0.5, 0.6) is 0 Å². The lowest BCUT2D eigenvalue weighted by Crippen LogP contribution is -2.46. The molecule has 0 fully saturated rings. The molecule has 112 valence electrons. The van der Waals surface area contributed by atoms with E-state index in [4.69, 9.17) is 5.53 Å². The molecule has 0 aromatic heterocycles. The van der Waals surface area contributed by atoms with Crippen molar-refractivity contribution in [2.45, 2.75) is 12.5 Å². The van der Waals surface area contributed by atoms with E-state index in [-0.39, 0.29) is 11.1 Å². The molecule has 0 saturated carbocycles. The first kappa shape index (κ1) is 15.3. The summed E-state index contributed by atoms with van der Waals surface area (Å²) in [6, 6.07) is 4.74. The van der Waals surface area contributed by atoms with Gasteiger partial charge < -0.3 is 4.74 Å². The number of carbonyl (C=O) groups excluding carboxylic acids is 4. The number of ether oxygens (including phenoxy) is 1. The van der Waals surface area contributed by atoms with E-state index >= 15 is 0 Å². The lowest BCUT2D eigenvalue weighted by Gasteiger charge is -2.21. The van der Waals surface area contributed by atoms with Crippen LogP contribution in [0.4, 0.5) is 0 Å². The third kappa shape index (κ3) is 2.55. The fraction of sp³-hybridized carbons (Fsp3) is 0.214. The van der Waals surface area contributed by atoms with E-state index in [1.165, 1.54) is 12.1 Å². The van der Waals surface area contributed by atoms with Crippen molar-refractivity contribution in [3.8, 4) is 0 Å². The van der Waals surface area contributed by atoms with Crippen LogP contribution in [0.15, 0.2) is 24.3 Å². The number of Topliss-reactive ketones (excluding diaryl/α,β-unsaturated/α-hetero) is 1. The van der Waals surface area contributed by atoms with E-state index in [9.17, 15) is 19.2 Å². The number of benzene rings is 1. The first-order valence-corrected chi connectivity index (χ1v) is 6.28. The Balaban J connectivity index is 2.43. The molecular weight excluding hydrogens is 290 g/mol. The number of hydrogen-bond donors (Lipinski definition) is 1. The monoisotopic (exact) mass is 302 g/mol. The molecule has 1 aromatic carbocycles. The number of ketones is 1. The van der Waals surface area contributed by atoms with Gasteiger partial charge in [0.15, 0.2) is 0 Å². The number of imide groups is 1. The number of rotatable bonds is 5. The second-order valence-corrected chi connectivity index (χ2v) is 4.48. The van der Waals surface area contributed by atoms with Crippen molar-refractivity contribution in [3.63, 3.8) is 0 Å². The van der Waals surface area contributed by atoms with Gasteiger partial charge in [-0.2, -0.15) is 0 Å². The second kappa shape index (κ2) is 6.11. The minimum absolute atomic E-state index is 0.165. The lowest BCUT2D eigenvalue weighted by molar-refractivity contribution is -0.144. The Morgan fingerprint density at radius 2 is 1.82 bits per heavy atom. The molecule has 22 heavy (non-hydrogen) atoms. The van der Waals surface area contributed by atoms with Crippen LogP contribution in [-0.2, 0) is 14.3 Å². The van der Waals surface area contributed by atoms with Gasteiger partial charge in [0.2, 0.25) is 0 Å². The molecule has 1 heterocycles. The topological polar surface area (TPSA) is 119 Å². The average molecular weight is 302 g/mol. The molecule has 1 aliphatic heterocycles. The van der Waals surface area contributed by atoms with Crippen molar-refractivity contribution in [1.29, 1.82) is 5.53 Å². The van der Waals surface area contributed by atoms with E-state index in [2.05, 4.69) is 9.53 Å². The van der Waals surface area contributed by atoms with Crippen molar-refractivity contribution in [2.24, 2.45) is 0 Å². The molecule has 0 aliphatic carbocycles. The van der Waals surface area contributed by atoms with Gasteiger partial charge in [-0.3, -0.25) is 24.1 Å². The molecule has 2 amide bonds. The standard InChI is InChI=1S/C14H12N3O5/c1-22-12(19)6-10(11(18)7-16-15)17-13(20)8-4-2-3-5-9(8)14(17)21/h2-5,7,10,15H,6H2,1H3/q+1. The van der Waals surface area contributed by atoms with Crippen molar-refractivity contribution in [1.82, 2.24) is 4.90 Å². The lowest BCUT2D eigenvalue weighted by atomic mass is 10.1. The third-order valence-electron chi connectivity index (χ3n) is 3.25. The van der Waals surface area contributed by atoms with Crippen LogP contribution >= 0.6 is 0 Å². The SMILES string of the molecule is COC(=O)CC(C(=O)C=[N+]=N)N1C(=O)c2ccccc2C1=O. The molecule has 1 aromatic rings. The summed E-state index contributed by atoms with van der Waals surface area (Å²) in [5.41, 5.74) is 7.03.